The summed E-state index contributed by atoms with van der Waals surface area (Å²) in [6.45, 7) is 0.604. The monoisotopic (exact) mass is 307 g/mol. The van der Waals surface area contributed by atoms with Crippen LogP contribution in [0.2, 0.25) is 0 Å². The number of rotatable bonds is 3. The minimum absolute atomic E-state index is 0.0287. The molecule has 0 bridgehead atoms. The van der Waals surface area contributed by atoms with Gasteiger partial charge in [0.1, 0.15) is 0 Å². The molecule has 0 aliphatic carbocycles. The van der Waals surface area contributed by atoms with Crippen LogP contribution >= 0.6 is 35.2 Å². The Hall–Kier alpha value is -0.230. The molecule has 70 valence electrons. The molecule has 0 atom stereocenters. The fraction of sp³-hybridized carbons (Fsp3) is 0.222. The molecular formula is C9H10INOS. The Labute approximate surface area is 96.7 Å². The fourth-order valence-corrected chi connectivity index (χ4v) is 1.65. The van der Waals surface area contributed by atoms with Gasteiger partial charge in [-0.2, -0.15) is 12.6 Å². The highest BCUT2D eigenvalue weighted by Gasteiger charge is 2.06. The summed E-state index contributed by atoms with van der Waals surface area (Å²) in [6.07, 6.45) is 0. The molecular weight excluding hydrogens is 297 g/mol. The van der Waals surface area contributed by atoms with Crippen molar-refractivity contribution in [1.82, 2.24) is 5.32 Å². The molecule has 13 heavy (non-hydrogen) atoms. The van der Waals surface area contributed by atoms with Crippen molar-refractivity contribution < 1.29 is 4.79 Å². The van der Waals surface area contributed by atoms with Gasteiger partial charge in [-0.3, -0.25) is 4.79 Å². The Morgan fingerprint density at radius 2 is 2.15 bits per heavy atom. The van der Waals surface area contributed by atoms with Crippen LogP contribution in [-0.4, -0.2) is 18.2 Å². The smallest absolute Gasteiger partial charge is 0.252 e. The third-order valence-corrected chi connectivity index (χ3v) is 2.68. The summed E-state index contributed by atoms with van der Waals surface area (Å²) >= 11 is 6.16. The number of nitrogens with one attached hydrogen (secondary N) is 1. The van der Waals surface area contributed by atoms with Crippen LogP contribution in [0, 0.1) is 3.57 Å². The van der Waals surface area contributed by atoms with Crippen molar-refractivity contribution in [1.29, 1.82) is 0 Å². The predicted molar refractivity (Wildman–Crippen MR) is 65.3 cm³/mol. The second-order valence-corrected chi connectivity index (χ2v) is 4.07. The van der Waals surface area contributed by atoms with Crippen molar-refractivity contribution in [3.05, 3.63) is 33.4 Å². The number of carbonyl (C=O) groups excluding carboxylic acids is 1. The van der Waals surface area contributed by atoms with Gasteiger partial charge in [-0.25, -0.2) is 0 Å². The lowest BCUT2D eigenvalue weighted by atomic mass is 10.2. The van der Waals surface area contributed by atoms with E-state index >= 15 is 0 Å². The van der Waals surface area contributed by atoms with Crippen molar-refractivity contribution in [3.63, 3.8) is 0 Å². The molecule has 0 aliphatic rings. The zero-order valence-electron chi connectivity index (χ0n) is 6.96. The first kappa shape index (κ1) is 10.8. The van der Waals surface area contributed by atoms with E-state index in [0.717, 1.165) is 9.13 Å². The average molecular weight is 307 g/mol. The first-order valence-electron chi connectivity index (χ1n) is 3.89. The zero-order valence-corrected chi connectivity index (χ0v) is 10.0. The third kappa shape index (κ3) is 3.19. The minimum Gasteiger partial charge on any atom is -0.351 e. The Morgan fingerprint density at radius 1 is 1.46 bits per heavy atom. The van der Waals surface area contributed by atoms with Crippen LogP contribution in [-0.2, 0) is 0 Å². The van der Waals surface area contributed by atoms with E-state index in [1.54, 1.807) is 0 Å². The van der Waals surface area contributed by atoms with Gasteiger partial charge in [0.15, 0.2) is 0 Å². The SMILES string of the molecule is O=C(NCCS)c1ccccc1I. The summed E-state index contributed by atoms with van der Waals surface area (Å²) in [4.78, 5) is 11.5. The molecule has 0 radical (unpaired) electrons. The quantitative estimate of drug-likeness (QED) is 0.649. The van der Waals surface area contributed by atoms with Crippen LogP contribution in [0.25, 0.3) is 0 Å². The van der Waals surface area contributed by atoms with Crippen molar-refractivity contribution in [2.75, 3.05) is 12.3 Å². The van der Waals surface area contributed by atoms with Gasteiger partial charge in [0.05, 0.1) is 5.56 Å². The molecule has 0 saturated heterocycles. The maximum atomic E-state index is 11.5. The summed E-state index contributed by atoms with van der Waals surface area (Å²) < 4.78 is 0.969. The van der Waals surface area contributed by atoms with Gasteiger partial charge in [0, 0.05) is 15.9 Å². The Bertz CT molecular complexity index is 303. The highest BCUT2D eigenvalue weighted by molar-refractivity contribution is 14.1. The minimum atomic E-state index is -0.0287. The number of hydrogen-bond acceptors (Lipinski definition) is 2. The molecule has 1 amide bonds. The molecule has 1 aromatic carbocycles. The van der Waals surface area contributed by atoms with E-state index in [-0.39, 0.29) is 5.91 Å². The zero-order chi connectivity index (χ0) is 9.68. The molecule has 0 aromatic heterocycles. The van der Waals surface area contributed by atoms with Gasteiger partial charge < -0.3 is 5.32 Å². The Balaban J connectivity index is 2.71. The standard InChI is InChI=1S/C9H10INOS/c10-8-4-2-1-3-7(8)9(12)11-5-6-13/h1-4,13H,5-6H2,(H,11,12). The van der Waals surface area contributed by atoms with E-state index in [0.29, 0.717) is 12.3 Å². The second kappa shape index (κ2) is 5.49. The molecule has 0 spiro atoms. The Morgan fingerprint density at radius 3 is 2.77 bits per heavy atom. The lowest BCUT2D eigenvalue weighted by molar-refractivity contribution is 0.0955. The molecule has 0 aliphatic heterocycles. The molecule has 1 N–H and O–H groups in total. The first-order chi connectivity index (χ1) is 6.25. The van der Waals surface area contributed by atoms with E-state index in [1.165, 1.54) is 0 Å². The van der Waals surface area contributed by atoms with Crippen molar-refractivity contribution in [3.8, 4) is 0 Å². The van der Waals surface area contributed by atoms with Gasteiger partial charge in [-0.15, -0.1) is 0 Å². The number of amides is 1. The van der Waals surface area contributed by atoms with Gasteiger partial charge in [0.25, 0.3) is 5.91 Å². The predicted octanol–water partition coefficient (Wildman–Crippen LogP) is 1.95. The largest absolute Gasteiger partial charge is 0.351 e. The molecule has 0 fully saturated rings. The van der Waals surface area contributed by atoms with Crippen LogP contribution in [0.3, 0.4) is 0 Å². The molecule has 0 saturated carbocycles. The molecule has 4 heteroatoms. The topological polar surface area (TPSA) is 29.1 Å². The summed E-state index contributed by atoms with van der Waals surface area (Å²) in [5, 5.41) is 2.77. The van der Waals surface area contributed by atoms with Gasteiger partial charge in [-0.1, -0.05) is 12.1 Å². The highest BCUT2D eigenvalue weighted by atomic mass is 127. The number of carbonyl (C=O) groups is 1. The van der Waals surface area contributed by atoms with Crippen molar-refractivity contribution in [2.24, 2.45) is 0 Å². The van der Waals surface area contributed by atoms with Crippen LogP contribution in [0.4, 0.5) is 0 Å². The number of hydrogen-bond donors (Lipinski definition) is 2. The second-order valence-electron chi connectivity index (χ2n) is 2.46. The third-order valence-electron chi connectivity index (χ3n) is 1.52. The maximum absolute atomic E-state index is 11.5. The number of thiol groups is 1. The van der Waals surface area contributed by atoms with Gasteiger partial charge in [-0.05, 0) is 34.7 Å². The average Bonchev–Trinajstić information content (AvgIpc) is 2.15. The van der Waals surface area contributed by atoms with E-state index in [2.05, 4.69) is 40.5 Å². The first-order valence-corrected chi connectivity index (χ1v) is 5.60. The fourth-order valence-electron chi connectivity index (χ4n) is 0.910. The van der Waals surface area contributed by atoms with Crippen LogP contribution < -0.4 is 5.32 Å². The van der Waals surface area contributed by atoms with Crippen LogP contribution in [0.5, 0.6) is 0 Å². The molecule has 1 aromatic rings. The number of halogens is 1. The van der Waals surface area contributed by atoms with Gasteiger partial charge in [0.2, 0.25) is 0 Å². The maximum Gasteiger partial charge on any atom is 0.252 e. The normalized spacial score (nSPS) is 9.69. The lowest BCUT2D eigenvalue weighted by Gasteiger charge is -2.04. The lowest BCUT2D eigenvalue weighted by Crippen LogP contribution is -2.25. The summed E-state index contributed by atoms with van der Waals surface area (Å²) in [6, 6.07) is 7.50. The molecule has 1 rings (SSSR count). The van der Waals surface area contributed by atoms with Crippen LogP contribution in [0.15, 0.2) is 24.3 Å². The van der Waals surface area contributed by atoms with E-state index in [4.69, 9.17) is 0 Å². The molecule has 2 nitrogen and oxygen atoms in total. The molecule has 0 heterocycles. The number of benzene rings is 1. The van der Waals surface area contributed by atoms with Crippen molar-refractivity contribution in [2.45, 2.75) is 0 Å². The van der Waals surface area contributed by atoms with Gasteiger partial charge >= 0.3 is 0 Å². The van der Waals surface area contributed by atoms with Crippen LogP contribution in [0.1, 0.15) is 10.4 Å². The summed E-state index contributed by atoms with van der Waals surface area (Å²) in [7, 11) is 0. The van der Waals surface area contributed by atoms with Crippen molar-refractivity contribution >= 4 is 41.1 Å². The summed E-state index contributed by atoms with van der Waals surface area (Å²) in [5.41, 5.74) is 0.727. The van der Waals surface area contributed by atoms with E-state index < -0.39 is 0 Å². The summed E-state index contributed by atoms with van der Waals surface area (Å²) in [5.74, 6) is 0.633. The Kier molecular flexibility index (Phi) is 4.58. The highest BCUT2D eigenvalue weighted by Crippen LogP contribution is 2.10. The molecule has 0 unspecified atom stereocenters. The van der Waals surface area contributed by atoms with E-state index in [1.807, 2.05) is 24.3 Å². The van der Waals surface area contributed by atoms with E-state index in [9.17, 15) is 4.79 Å².